The minimum atomic E-state index is 0.143. The standard InChI is InChI=1S/C25H30N2OS/c1-2-16-29-24-26-22-19-12-6-7-13-21(19)25(14-8-9-15-25)17-20(22)23(28)27(24)18-10-4-3-5-11-18/h2,6-7,12-13,18H,1,3-5,8-11,14-17H2. The van der Waals surface area contributed by atoms with Crippen LogP contribution in [0.1, 0.15) is 75.0 Å². The van der Waals surface area contributed by atoms with Gasteiger partial charge in [-0.15, -0.1) is 6.58 Å². The van der Waals surface area contributed by atoms with Crippen molar-refractivity contribution >= 4 is 11.8 Å². The summed E-state index contributed by atoms with van der Waals surface area (Å²) in [6, 6.07) is 9.03. The molecule has 1 aromatic heterocycles. The van der Waals surface area contributed by atoms with Gasteiger partial charge in [0.2, 0.25) is 0 Å². The van der Waals surface area contributed by atoms with Crippen LogP contribution in [0.4, 0.5) is 0 Å². The van der Waals surface area contributed by atoms with Crippen LogP contribution in [-0.4, -0.2) is 15.3 Å². The monoisotopic (exact) mass is 406 g/mol. The lowest BCUT2D eigenvalue weighted by Crippen LogP contribution is -2.38. The van der Waals surface area contributed by atoms with Gasteiger partial charge in [-0.05, 0) is 37.7 Å². The summed E-state index contributed by atoms with van der Waals surface area (Å²) in [7, 11) is 0. The Bertz CT molecular complexity index is 981. The lowest BCUT2D eigenvalue weighted by molar-refractivity contribution is 0.320. The molecule has 0 N–H and O–H groups in total. The summed E-state index contributed by atoms with van der Waals surface area (Å²) in [5.74, 6) is 0.781. The molecule has 2 aromatic rings. The number of rotatable bonds is 4. The highest BCUT2D eigenvalue weighted by molar-refractivity contribution is 7.99. The number of benzene rings is 1. The zero-order valence-corrected chi connectivity index (χ0v) is 18.0. The molecule has 3 aliphatic rings. The van der Waals surface area contributed by atoms with E-state index in [4.69, 9.17) is 4.98 Å². The van der Waals surface area contributed by atoms with Gasteiger partial charge < -0.3 is 0 Å². The quantitative estimate of drug-likeness (QED) is 0.351. The van der Waals surface area contributed by atoms with Crippen molar-refractivity contribution < 1.29 is 0 Å². The first-order valence-corrected chi connectivity index (χ1v) is 12.2. The number of nitrogens with zero attached hydrogens (tertiary/aromatic N) is 2. The zero-order valence-electron chi connectivity index (χ0n) is 17.2. The molecule has 152 valence electrons. The summed E-state index contributed by atoms with van der Waals surface area (Å²) in [6.45, 7) is 3.88. The summed E-state index contributed by atoms with van der Waals surface area (Å²) in [5, 5.41) is 0.887. The molecule has 0 aliphatic heterocycles. The van der Waals surface area contributed by atoms with E-state index in [0.717, 1.165) is 41.4 Å². The van der Waals surface area contributed by atoms with E-state index in [-0.39, 0.29) is 11.0 Å². The van der Waals surface area contributed by atoms with Crippen LogP contribution in [0.3, 0.4) is 0 Å². The van der Waals surface area contributed by atoms with Gasteiger partial charge in [-0.25, -0.2) is 4.98 Å². The van der Waals surface area contributed by atoms with Crippen molar-refractivity contribution in [3.8, 4) is 11.3 Å². The Balaban J connectivity index is 1.71. The van der Waals surface area contributed by atoms with Crippen LogP contribution >= 0.6 is 11.8 Å². The number of thioether (sulfide) groups is 1. The van der Waals surface area contributed by atoms with Gasteiger partial charge in [-0.3, -0.25) is 9.36 Å². The lowest BCUT2D eigenvalue weighted by atomic mass is 9.68. The number of hydrogen-bond donors (Lipinski definition) is 0. The molecule has 0 radical (unpaired) electrons. The van der Waals surface area contributed by atoms with Crippen molar-refractivity contribution in [1.29, 1.82) is 0 Å². The SMILES string of the molecule is C=CCSc1nc2c(c(=O)n1C1CCCCC1)CC1(CCCC1)c1ccccc1-2. The van der Waals surface area contributed by atoms with Gasteiger partial charge in [0.25, 0.3) is 5.56 Å². The Morgan fingerprint density at radius 2 is 1.90 bits per heavy atom. The molecule has 4 heteroatoms. The maximum Gasteiger partial charge on any atom is 0.258 e. The highest BCUT2D eigenvalue weighted by atomic mass is 32.2. The van der Waals surface area contributed by atoms with Crippen LogP contribution in [0.15, 0.2) is 46.9 Å². The third kappa shape index (κ3) is 3.20. The second kappa shape index (κ2) is 7.79. The van der Waals surface area contributed by atoms with E-state index in [2.05, 4.69) is 35.4 Å². The Morgan fingerprint density at radius 1 is 1.14 bits per heavy atom. The van der Waals surface area contributed by atoms with Crippen molar-refractivity contribution in [2.24, 2.45) is 0 Å². The van der Waals surface area contributed by atoms with E-state index >= 15 is 0 Å². The molecule has 1 spiro atoms. The van der Waals surface area contributed by atoms with Crippen LogP contribution < -0.4 is 5.56 Å². The van der Waals surface area contributed by atoms with E-state index in [1.807, 2.05) is 6.08 Å². The number of fused-ring (bicyclic) bond motifs is 4. The zero-order chi connectivity index (χ0) is 19.8. The minimum absolute atomic E-state index is 0.143. The summed E-state index contributed by atoms with van der Waals surface area (Å²) in [5.41, 5.74) is 4.91. The van der Waals surface area contributed by atoms with Crippen LogP contribution in [0.5, 0.6) is 0 Å². The minimum Gasteiger partial charge on any atom is -0.284 e. The summed E-state index contributed by atoms with van der Waals surface area (Å²) in [4.78, 5) is 19.1. The number of hydrogen-bond acceptors (Lipinski definition) is 3. The third-order valence-corrected chi connectivity index (χ3v) is 8.22. The molecule has 0 atom stereocenters. The fraction of sp³-hybridized carbons (Fsp3) is 0.520. The van der Waals surface area contributed by atoms with Gasteiger partial charge in [-0.2, -0.15) is 0 Å². The van der Waals surface area contributed by atoms with Gasteiger partial charge in [0.15, 0.2) is 5.16 Å². The molecule has 2 saturated carbocycles. The fourth-order valence-electron chi connectivity index (χ4n) is 5.91. The molecule has 3 nitrogen and oxygen atoms in total. The highest BCUT2D eigenvalue weighted by Gasteiger charge is 2.43. The number of aromatic nitrogens is 2. The molecule has 0 unspecified atom stereocenters. The molecule has 29 heavy (non-hydrogen) atoms. The molecule has 3 aliphatic carbocycles. The third-order valence-electron chi connectivity index (χ3n) is 7.28. The maximum atomic E-state index is 13.9. The largest absolute Gasteiger partial charge is 0.284 e. The van der Waals surface area contributed by atoms with Crippen molar-refractivity contribution in [1.82, 2.24) is 9.55 Å². The predicted octanol–water partition coefficient (Wildman–Crippen LogP) is 6.06. The molecule has 2 fully saturated rings. The fourth-order valence-corrected chi connectivity index (χ4v) is 6.71. The van der Waals surface area contributed by atoms with E-state index < -0.39 is 0 Å². The lowest BCUT2D eigenvalue weighted by Gasteiger charge is -2.37. The van der Waals surface area contributed by atoms with Crippen LogP contribution in [0, 0.1) is 0 Å². The summed E-state index contributed by atoms with van der Waals surface area (Å²) in [6.07, 6.45) is 13.6. The highest BCUT2D eigenvalue weighted by Crippen LogP contribution is 2.50. The Labute approximate surface area is 177 Å². The molecule has 0 bridgehead atoms. The predicted molar refractivity (Wildman–Crippen MR) is 121 cm³/mol. The Morgan fingerprint density at radius 3 is 2.66 bits per heavy atom. The first-order valence-electron chi connectivity index (χ1n) is 11.2. The van der Waals surface area contributed by atoms with Gasteiger partial charge in [-0.1, -0.05) is 74.2 Å². The molecular formula is C25H30N2OS. The Hall–Kier alpha value is -1.81. The summed E-state index contributed by atoms with van der Waals surface area (Å²) >= 11 is 1.66. The normalized spacial score (nSPS) is 20.4. The van der Waals surface area contributed by atoms with Crippen LogP contribution in [0.2, 0.25) is 0 Å². The molecule has 1 aromatic carbocycles. The van der Waals surface area contributed by atoms with Gasteiger partial charge in [0, 0.05) is 28.3 Å². The van der Waals surface area contributed by atoms with Gasteiger partial charge in [0.1, 0.15) is 0 Å². The second-order valence-electron chi connectivity index (χ2n) is 9.00. The molecule has 5 rings (SSSR count). The van der Waals surface area contributed by atoms with Crippen LogP contribution in [0.25, 0.3) is 11.3 Å². The van der Waals surface area contributed by atoms with Crippen molar-refractivity contribution in [2.75, 3.05) is 5.75 Å². The topological polar surface area (TPSA) is 34.9 Å². The summed E-state index contributed by atoms with van der Waals surface area (Å²) < 4.78 is 2.07. The second-order valence-corrected chi connectivity index (χ2v) is 9.99. The van der Waals surface area contributed by atoms with Gasteiger partial charge >= 0.3 is 0 Å². The van der Waals surface area contributed by atoms with Crippen molar-refractivity contribution in [2.45, 2.75) is 80.8 Å². The average Bonchev–Trinajstić information content (AvgIpc) is 3.23. The molecule has 1 heterocycles. The van der Waals surface area contributed by atoms with Gasteiger partial charge in [0.05, 0.1) is 5.69 Å². The molecular weight excluding hydrogens is 376 g/mol. The van der Waals surface area contributed by atoms with Crippen LogP contribution in [-0.2, 0) is 11.8 Å². The van der Waals surface area contributed by atoms with E-state index in [1.54, 1.807) is 11.8 Å². The maximum absolute atomic E-state index is 13.9. The molecule has 0 saturated heterocycles. The van der Waals surface area contributed by atoms with E-state index in [0.29, 0.717) is 6.04 Å². The molecule has 0 amide bonds. The first-order chi connectivity index (χ1) is 14.2. The Kier molecular flexibility index (Phi) is 5.15. The smallest absolute Gasteiger partial charge is 0.258 e. The van der Waals surface area contributed by atoms with E-state index in [1.165, 1.54) is 56.1 Å². The van der Waals surface area contributed by atoms with Crippen molar-refractivity contribution in [3.05, 3.63) is 58.4 Å². The average molecular weight is 407 g/mol. The van der Waals surface area contributed by atoms with Crippen molar-refractivity contribution in [3.63, 3.8) is 0 Å². The first kappa shape index (κ1) is 19.2. The van der Waals surface area contributed by atoms with E-state index in [9.17, 15) is 4.79 Å².